The van der Waals surface area contributed by atoms with Crippen LogP contribution in [-0.2, 0) is 9.53 Å². The summed E-state index contributed by atoms with van der Waals surface area (Å²) >= 11 is 1.57. The molecule has 1 aromatic heterocycles. The summed E-state index contributed by atoms with van der Waals surface area (Å²) in [7, 11) is 0. The molecule has 1 atom stereocenters. The molecule has 1 fully saturated rings. The van der Waals surface area contributed by atoms with Crippen molar-refractivity contribution in [1.29, 1.82) is 0 Å². The van der Waals surface area contributed by atoms with E-state index >= 15 is 0 Å². The number of carbonyl (C=O) groups is 1. The number of aryl methyl sites for hydroxylation is 1. The summed E-state index contributed by atoms with van der Waals surface area (Å²) in [5.41, 5.74) is 0.992. The molecule has 1 unspecified atom stereocenters. The van der Waals surface area contributed by atoms with Crippen molar-refractivity contribution in [2.75, 3.05) is 31.1 Å². The van der Waals surface area contributed by atoms with Crippen LogP contribution in [-0.4, -0.2) is 43.2 Å². The van der Waals surface area contributed by atoms with E-state index in [2.05, 4.69) is 10.3 Å². The molecule has 0 saturated carbocycles. The number of carbonyl (C=O) groups excluding carboxylic acids is 1. The molecule has 6 heteroatoms. The van der Waals surface area contributed by atoms with E-state index in [0.29, 0.717) is 13.2 Å². The maximum absolute atomic E-state index is 11.9. The fraction of sp³-hybridized carbons (Fsp3) is 0.636. The van der Waals surface area contributed by atoms with Crippen molar-refractivity contribution in [3.8, 4) is 0 Å². The van der Waals surface area contributed by atoms with Gasteiger partial charge < -0.3 is 15.0 Å². The van der Waals surface area contributed by atoms with Crippen LogP contribution in [0.5, 0.6) is 0 Å². The third-order valence-electron chi connectivity index (χ3n) is 2.65. The third kappa shape index (κ3) is 2.76. The van der Waals surface area contributed by atoms with E-state index in [4.69, 9.17) is 4.74 Å². The highest BCUT2D eigenvalue weighted by molar-refractivity contribution is 7.13. The Balaban J connectivity index is 2.14. The first kappa shape index (κ1) is 12.3. The van der Waals surface area contributed by atoms with E-state index in [1.54, 1.807) is 11.3 Å². The SMILES string of the molecule is CCOC(=O)C1CNCCN1c1nc(C)cs1. The predicted molar refractivity (Wildman–Crippen MR) is 67.5 cm³/mol. The molecule has 0 spiro atoms. The fourth-order valence-corrected chi connectivity index (χ4v) is 2.74. The number of rotatable bonds is 3. The Bertz CT molecular complexity index is 394. The first-order valence-electron chi connectivity index (χ1n) is 5.78. The molecule has 0 radical (unpaired) electrons. The van der Waals surface area contributed by atoms with Crippen LogP contribution in [0.4, 0.5) is 5.13 Å². The summed E-state index contributed by atoms with van der Waals surface area (Å²) < 4.78 is 5.10. The molecule has 94 valence electrons. The average Bonchev–Trinajstić information content (AvgIpc) is 2.76. The van der Waals surface area contributed by atoms with Gasteiger partial charge in [0.2, 0.25) is 0 Å². The van der Waals surface area contributed by atoms with Gasteiger partial charge in [-0.3, -0.25) is 0 Å². The van der Waals surface area contributed by atoms with Crippen LogP contribution >= 0.6 is 11.3 Å². The molecule has 17 heavy (non-hydrogen) atoms. The molecule has 1 aromatic rings. The lowest BCUT2D eigenvalue weighted by molar-refractivity contribution is -0.144. The molecule has 0 aliphatic carbocycles. The van der Waals surface area contributed by atoms with Gasteiger partial charge in [-0.15, -0.1) is 11.3 Å². The van der Waals surface area contributed by atoms with Crippen molar-refractivity contribution in [2.45, 2.75) is 19.9 Å². The standard InChI is InChI=1S/C11H17N3O2S/c1-3-16-10(15)9-6-12-4-5-14(9)11-13-8(2)7-17-11/h7,9,12H,3-6H2,1-2H3. The minimum atomic E-state index is -0.255. The zero-order valence-corrected chi connectivity index (χ0v) is 10.9. The lowest BCUT2D eigenvalue weighted by atomic mass is 10.2. The number of aromatic nitrogens is 1. The van der Waals surface area contributed by atoms with E-state index in [0.717, 1.165) is 23.9 Å². The van der Waals surface area contributed by atoms with Crippen LogP contribution in [0.2, 0.25) is 0 Å². The van der Waals surface area contributed by atoms with Crippen LogP contribution in [0.3, 0.4) is 0 Å². The quantitative estimate of drug-likeness (QED) is 0.809. The first-order chi connectivity index (χ1) is 8.22. The minimum absolute atomic E-state index is 0.174. The molecular weight excluding hydrogens is 238 g/mol. The maximum Gasteiger partial charge on any atom is 0.330 e. The number of anilines is 1. The topological polar surface area (TPSA) is 54.5 Å². The van der Waals surface area contributed by atoms with Gasteiger partial charge in [-0.1, -0.05) is 0 Å². The van der Waals surface area contributed by atoms with E-state index in [9.17, 15) is 4.79 Å². The Morgan fingerprint density at radius 2 is 2.59 bits per heavy atom. The number of hydrogen-bond donors (Lipinski definition) is 1. The van der Waals surface area contributed by atoms with Gasteiger partial charge in [-0.2, -0.15) is 0 Å². The van der Waals surface area contributed by atoms with Crippen molar-refractivity contribution in [2.24, 2.45) is 0 Å². The average molecular weight is 255 g/mol. The summed E-state index contributed by atoms with van der Waals surface area (Å²) in [6, 6.07) is -0.255. The molecule has 0 amide bonds. The monoisotopic (exact) mass is 255 g/mol. The van der Waals surface area contributed by atoms with Crippen LogP contribution in [0.25, 0.3) is 0 Å². The Morgan fingerprint density at radius 3 is 3.24 bits per heavy atom. The Hall–Kier alpha value is -1.14. The largest absolute Gasteiger partial charge is 0.464 e. The zero-order chi connectivity index (χ0) is 12.3. The van der Waals surface area contributed by atoms with Crippen LogP contribution < -0.4 is 10.2 Å². The van der Waals surface area contributed by atoms with Gasteiger partial charge in [0, 0.05) is 25.0 Å². The second kappa shape index (κ2) is 5.46. The van der Waals surface area contributed by atoms with Gasteiger partial charge in [0.25, 0.3) is 0 Å². The van der Waals surface area contributed by atoms with Crippen molar-refractivity contribution in [3.05, 3.63) is 11.1 Å². The predicted octanol–water partition coefficient (Wildman–Crippen LogP) is 0.793. The normalized spacial score (nSPS) is 20.4. The van der Waals surface area contributed by atoms with Crippen LogP contribution in [0.1, 0.15) is 12.6 Å². The summed E-state index contributed by atoms with van der Waals surface area (Å²) in [5, 5.41) is 6.12. The van der Waals surface area contributed by atoms with E-state index < -0.39 is 0 Å². The van der Waals surface area contributed by atoms with Crippen LogP contribution in [0, 0.1) is 6.92 Å². The molecule has 1 N–H and O–H groups in total. The van der Waals surface area contributed by atoms with Gasteiger partial charge >= 0.3 is 5.97 Å². The van der Waals surface area contributed by atoms with Gasteiger partial charge in [0.05, 0.1) is 12.3 Å². The van der Waals surface area contributed by atoms with Gasteiger partial charge in [-0.05, 0) is 13.8 Å². The number of thiazole rings is 1. The molecule has 5 nitrogen and oxygen atoms in total. The van der Waals surface area contributed by atoms with E-state index in [-0.39, 0.29) is 12.0 Å². The number of piperazine rings is 1. The Kier molecular flexibility index (Phi) is 3.96. The van der Waals surface area contributed by atoms with Crippen LogP contribution in [0.15, 0.2) is 5.38 Å². The lowest BCUT2D eigenvalue weighted by Gasteiger charge is -2.34. The molecule has 2 heterocycles. The summed E-state index contributed by atoms with van der Waals surface area (Å²) in [5.74, 6) is -0.174. The van der Waals surface area contributed by atoms with Crippen molar-refractivity contribution >= 4 is 22.4 Å². The second-order valence-corrected chi connectivity index (χ2v) is 4.77. The highest BCUT2D eigenvalue weighted by Crippen LogP contribution is 2.23. The maximum atomic E-state index is 11.9. The van der Waals surface area contributed by atoms with Gasteiger partial charge in [0.15, 0.2) is 5.13 Å². The smallest absolute Gasteiger partial charge is 0.330 e. The molecular formula is C11H17N3O2S. The second-order valence-electron chi connectivity index (χ2n) is 3.94. The molecule has 0 bridgehead atoms. The first-order valence-corrected chi connectivity index (χ1v) is 6.66. The minimum Gasteiger partial charge on any atom is -0.464 e. The number of esters is 1. The highest BCUT2D eigenvalue weighted by atomic mass is 32.1. The summed E-state index contributed by atoms with van der Waals surface area (Å²) in [4.78, 5) is 18.3. The fourth-order valence-electron chi connectivity index (χ4n) is 1.86. The Morgan fingerprint density at radius 1 is 1.76 bits per heavy atom. The Labute approximate surface area is 105 Å². The third-order valence-corrected chi connectivity index (χ3v) is 3.65. The molecule has 1 aliphatic rings. The molecule has 1 aliphatic heterocycles. The molecule has 0 aromatic carbocycles. The van der Waals surface area contributed by atoms with E-state index in [1.807, 2.05) is 24.1 Å². The summed E-state index contributed by atoms with van der Waals surface area (Å²) in [6.45, 7) is 6.48. The number of nitrogens with one attached hydrogen (secondary N) is 1. The number of ether oxygens (including phenoxy) is 1. The lowest BCUT2D eigenvalue weighted by Crippen LogP contribution is -2.55. The zero-order valence-electron chi connectivity index (χ0n) is 10.1. The van der Waals surface area contributed by atoms with E-state index in [1.165, 1.54) is 0 Å². The molecule has 1 saturated heterocycles. The van der Waals surface area contributed by atoms with Crippen molar-refractivity contribution < 1.29 is 9.53 Å². The van der Waals surface area contributed by atoms with Gasteiger partial charge in [0.1, 0.15) is 6.04 Å². The highest BCUT2D eigenvalue weighted by Gasteiger charge is 2.31. The summed E-state index contributed by atoms with van der Waals surface area (Å²) in [6.07, 6.45) is 0. The molecule has 2 rings (SSSR count). The number of hydrogen-bond acceptors (Lipinski definition) is 6. The van der Waals surface area contributed by atoms with Crippen molar-refractivity contribution in [1.82, 2.24) is 10.3 Å². The van der Waals surface area contributed by atoms with Crippen molar-refractivity contribution in [3.63, 3.8) is 0 Å². The number of nitrogens with zero attached hydrogens (tertiary/aromatic N) is 2. The van der Waals surface area contributed by atoms with Gasteiger partial charge in [-0.25, -0.2) is 9.78 Å².